The minimum absolute atomic E-state index is 0.102. The molecule has 0 radical (unpaired) electrons. The van der Waals surface area contributed by atoms with Crippen LogP contribution in [0.15, 0.2) is 18.2 Å². The molecule has 2 nitrogen and oxygen atoms in total. The fourth-order valence-electron chi connectivity index (χ4n) is 2.82. The lowest BCUT2D eigenvalue weighted by Gasteiger charge is -2.53. The van der Waals surface area contributed by atoms with E-state index >= 15 is 0 Å². The SMILES string of the molecule is CCCNC1CC(Oc2ccc(Cl)c(F)c2)C1(C)CC. The van der Waals surface area contributed by atoms with Gasteiger partial charge in [-0.3, -0.25) is 0 Å². The lowest BCUT2D eigenvalue weighted by atomic mass is 9.61. The summed E-state index contributed by atoms with van der Waals surface area (Å²) in [5.74, 6) is 0.132. The van der Waals surface area contributed by atoms with Crippen LogP contribution in [-0.4, -0.2) is 18.7 Å². The van der Waals surface area contributed by atoms with Crippen molar-refractivity contribution in [1.82, 2.24) is 5.32 Å². The summed E-state index contributed by atoms with van der Waals surface area (Å²) < 4.78 is 19.4. The van der Waals surface area contributed by atoms with E-state index in [1.165, 1.54) is 6.07 Å². The first-order valence-corrected chi connectivity index (χ1v) is 7.74. The molecule has 1 aromatic rings. The van der Waals surface area contributed by atoms with Crippen molar-refractivity contribution in [3.05, 3.63) is 29.0 Å². The van der Waals surface area contributed by atoms with Gasteiger partial charge in [-0.2, -0.15) is 0 Å². The zero-order valence-corrected chi connectivity index (χ0v) is 13.1. The third-order valence-electron chi connectivity index (χ3n) is 4.55. The van der Waals surface area contributed by atoms with Crippen molar-refractivity contribution in [2.75, 3.05) is 6.54 Å². The highest BCUT2D eigenvalue weighted by atomic mass is 35.5. The lowest BCUT2D eigenvalue weighted by molar-refractivity contribution is -0.0702. The van der Waals surface area contributed by atoms with E-state index in [4.69, 9.17) is 16.3 Å². The lowest BCUT2D eigenvalue weighted by Crippen LogP contribution is -2.63. The van der Waals surface area contributed by atoms with Crippen molar-refractivity contribution < 1.29 is 9.13 Å². The topological polar surface area (TPSA) is 21.3 Å². The molecule has 0 spiro atoms. The average molecular weight is 300 g/mol. The van der Waals surface area contributed by atoms with Crippen LogP contribution in [0.3, 0.4) is 0 Å². The molecule has 1 aromatic carbocycles. The molecule has 0 aliphatic heterocycles. The van der Waals surface area contributed by atoms with Gasteiger partial charge in [0.15, 0.2) is 0 Å². The Hall–Kier alpha value is -0.800. The maximum Gasteiger partial charge on any atom is 0.145 e. The third-order valence-corrected chi connectivity index (χ3v) is 4.86. The molecule has 112 valence electrons. The Kier molecular flexibility index (Phi) is 4.92. The zero-order valence-electron chi connectivity index (χ0n) is 12.4. The van der Waals surface area contributed by atoms with Crippen molar-refractivity contribution in [2.45, 2.75) is 52.2 Å². The van der Waals surface area contributed by atoms with Crippen LogP contribution in [0, 0.1) is 11.2 Å². The van der Waals surface area contributed by atoms with Gasteiger partial charge in [0.05, 0.1) is 5.02 Å². The van der Waals surface area contributed by atoms with Crippen molar-refractivity contribution in [3.8, 4) is 5.75 Å². The van der Waals surface area contributed by atoms with Crippen molar-refractivity contribution in [1.29, 1.82) is 0 Å². The maximum atomic E-state index is 13.4. The van der Waals surface area contributed by atoms with Crippen molar-refractivity contribution in [2.24, 2.45) is 5.41 Å². The normalized spacial score (nSPS) is 29.1. The number of benzene rings is 1. The van der Waals surface area contributed by atoms with Crippen molar-refractivity contribution >= 4 is 11.6 Å². The summed E-state index contributed by atoms with van der Waals surface area (Å²) in [6.07, 6.45) is 3.26. The van der Waals surface area contributed by atoms with E-state index in [-0.39, 0.29) is 16.5 Å². The van der Waals surface area contributed by atoms with E-state index in [0.29, 0.717) is 11.8 Å². The molecule has 1 aliphatic carbocycles. The molecule has 1 fully saturated rings. The van der Waals surface area contributed by atoms with Gasteiger partial charge >= 0.3 is 0 Å². The fraction of sp³-hybridized carbons (Fsp3) is 0.625. The van der Waals surface area contributed by atoms with E-state index in [0.717, 1.165) is 25.8 Å². The predicted molar refractivity (Wildman–Crippen MR) is 80.9 cm³/mol. The molecular formula is C16H23ClFNO. The molecule has 1 saturated carbocycles. The Morgan fingerprint density at radius 3 is 2.80 bits per heavy atom. The van der Waals surface area contributed by atoms with Crippen LogP contribution >= 0.6 is 11.6 Å². The largest absolute Gasteiger partial charge is 0.490 e. The standard InChI is InChI=1S/C16H23ClFNO/c1-4-8-19-14-10-15(16(14,3)5-2)20-11-6-7-12(17)13(18)9-11/h6-7,9,14-15,19H,4-5,8,10H2,1-3H3. The second-order valence-electron chi connectivity index (χ2n) is 5.78. The highest BCUT2D eigenvalue weighted by Crippen LogP contribution is 2.46. The summed E-state index contributed by atoms with van der Waals surface area (Å²) in [6, 6.07) is 5.12. The molecule has 3 unspecified atom stereocenters. The van der Waals surface area contributed by atoms with E-state index in [2.05, 4.69) is 26.1 Å². The molecule has 0 amide bonds. The molecule has 0 heterocycles. The highest BCUT2D eigenvalue weighted by Gasteiger charge is 2.51. The molecule has 0 saturated heterocycles. The van der Waals surface area contributed by atoms with Crippen LogP contribution in [0.5, 0.6) is 5.75 Å². The second-order valence-corrected chi connectivity index (χ2v) is 6.19. The Balaban J connectivity index is 2.01. The molecule has 1 N–H and O–H groups in total. The summed E-state index contributed by atoms with van der Waals surface area (Å²) in [6.45, 7) is 7.61. The molecule has 1 aliphatic rings. The van der Waals surface area contributed by atoms with Gasteiger partial charge in [-0.15, -0.1) is 0 Å². The highest BCUT2D eigenvalue weighted by molar-refractivity contribution is 6.30. The zero-order chi connectivity index (χ0) is 14.8. The number of halogens is 2. The van der Waals surface area contributed by atoms with E-state index in [1.54, 1.807) is 12.1 Å². The number of nitrogens with one attached hydrogen (secondary N) is 1. The first-order valence-electron chi connectivity index (χ1n) is 7.36. The van der Waals surface area contributed by atoms with Gasteiger partial charge in [-0.25, -0.2) is 4.39 Å². The minimum Gasteiger partial charge on any atom is -0.490 e. The van der Waals surface area contributed by atoms with Gasteiger partial charge in [0, 0.05) is 23.9 Å². The van der Waals surface area contributed by atoms with E-state index in [9.17, 15) is 4.39 Å². The van der Waals surface area contributed by atoms with Gasteiger partial charge in [-0.05, 0) is 31.5 Å². The summed E-state index contributed by atoms with van der Waals surface area (Å²) in [7, 11) is 0. The first kappa shape index (κ1) is 15.6. The number of hydrogen-bond donors (Lipinski definition) is 1. The number of hydrogen-bond acceptors (Lipinski definition) is 2. The summed E-state index contributed by atoms with van der Waals surface area (Å²) in [5, 5.41) is 3.70. The molecule has 0 bridgehead atoms. The van der Waals surface area contributed by atoms with Crippen LogP contribution < -0.4 is 10.1 Å². The predicted octanol–water partition coefficient (Wildman–Crippen LogP) is 4.41. The van der Waals surface area contributed by atoms with Gasteiger partial charge in [0.1, 0.15) is 17.7 Å². The quantitative estimate of drug-likeness (QED) is 0.840. The maximum absolute atomic E-state index is 13.4. The molecule has 0 aromatic heterocycles. The minimum atomic E-state index is -0.428. The molecule has 20 heavy (non-hydrogen) atoms. The summed E-state index contributed by atoms with van der Waals surface area (Å²) in [4.78, 5) is 0. The molecule has 4 heteroatoms. The third kappa shape index (κ3) is 2.94. The Bertz CT molecular complexity index is 468. The first-order chi connectivity index (χ1) is 9.51. The van der Waals surface area contributed by atoms with Crippen LogP contribution in [0.2, 0.25) is 5.02 Å². The Morgan fingerprint density at radius 1 is 1.45 bits per heavy atom. The molecular weight excluding hydrogens is 277 g/mol. The summed E-state index contributed by atoms with van der Waals surface area (Å²) >= 11 is 5.69. The molecule has 2 rings (SSSR count). The van der Waals surface area contributed by atoms with Gasteiger partial charge in [0.2, 0.25) is 0 Å². The van der Waals surface area contributed by atoms with Gasteiger partial charge < -0.3 is 10.1 Å². The van der Waals surface area contributed by atoms with E-state index < -0.39 is 5.82 Å². The second kappa shape index (κ2) is 6.31. The van der Waals surface area contributed by atoms with E-state index in [1.807, 2.05) is 0 Å². The Morgan fingerprint density at radius 2 is 2.20 bits per heavy atom. The van der Waals surface area contributed by atoms with Crippen LogP contribution in [0.4, 0.5) is 4.39 Å². The summed E-state index contributed by atoms with van der Waals surface area (Å²) in [5.41, 5.74) is 0.102. The van der Waals surface area contributed by atoms with Crippen LogP contribution in [0.1, 0.15) is 40.0 Å². The van der Waals surface area contributed by atoms with Crippen LogP contribution in [0.25, 0.3) is 0 Å². The molecule has 3 atom stereocenters. The Labute approximate surface area is 125 Å². The average Bonchev–Trinajstić information content (AvgIpc) is 2.44. The smallest absolute Gasteiger partial charge is 0.145 e. The number of ether oxygens (including phenoxy) is 1. The fourth-order valence-corrected chi connectivity index (χ4v) is 2.94. The monoisotopic (exact) mass is 299 g/mol. The van der Waals surface area contributed by atoms with Gasteiger partial charge in [0.25, 0.3) is 0 Å². The number of rotatable bonds is 6. The van der Waals surface area contributed by atoms with Crippen LogP contribution in [-0.2, 0) is 0 Å². The van der Waals surface area contributed by atoms with Gasteiger partial charge in [-0.1, -0.05) is 32.4 Å². The van der Waals surface area contributed by atoms with Crippen molar-refractivity contribution in [3.63, 3.8) is 0 Å².